The van der Waals surface area contributed by atoms with E-state index in [2.05, 4.69) is 38.0 Å². The van der Waals surface area contributed by atoms with Crippen LogP contribution in [0.25, 0.3) is 5.65 Å². The Kier molecular flexibility index (Phi) is 8.22. The summed E-state index contributed by atoms with van der Waals surface area (Å²) in [5.41, 5.74) is 2.36. The molecule has 0 radical (unpaired) electrons. The van der Waals surface area contributed by atoms with E-state index >= 15 is 0 Å². The maximum atomic E-state index is 4.16. The third kappa shape index (κ3) is 4.47. The van der Waals surface area contributed by atoms with E-state index in [0.29, 0.717) is 0 Å². The van der Waals surface area contributed by atoms with Gasteiger partial charge in [-0.1, -0.05) is 47.1 Å². The third-order valence-corrected chi connectivity index (χ3v) is 1.86. The van der Waals surface area contributed by atoms with Gasteiger partial charge in [0.1, 0.15) is 5.65 Å². The Hall–Kier alpha value is -1.31. The molecule has 0 aliphatic carbocycles. The first-order valence-corrected chi connectivity index (χ1v) is 6.23. The molecule has 0 spiro atoms. The molecule has 2 aromatic heterocycles. The maximum Gasteiger partial charge on any atom is 0.136 e. The predicted octanol–water partition coefficient (Wildman–Crippen LogP) is 4.34. The zero-order chi connectivity index (χ0) is 12.4. The first-order chi connectivity index (χ1) is 7.81. The van der Waals surface area contributed by atoms with Gasteiger partial charge in [-0.2, -0.15) is 0 Å². The van der Waals surface area contributed by atoms with Crippen LogP contribution in [-0.4, -0.2) is 9.38 Å². The first kappa shape index (κ1) is 14.7. The van der Waals surface area contributed by atoms with Crippen LogP contribution in [0.1, 0.15) is 46.6 Å². The van der Waals surface area contributed by atoms with Crippen LogP contribution in [0, 0.1) is 0 Å². The van der Waals surface area contributed by atoms with E-state index in [9.17, 15) is 0 Å². The normalized spacial score (nSPS) is 8.81. The van der Waals surface area contributed by atoms with Crippen LogP contribution in [-0.2, 0) is 6.42 Å². The summed E-state index contributed by atoms with van der Waals surface area (Å²) in [5.74, 6) is 0. The molecule has 0 N–H and O–H groups in total. The minimum absolute atomic E-state index is 1.02. The number of imidazole rings is 1. The molecular formula is C14H24N2. The van der Waals surface area contributed by atoms with Crippen LogP contribution in [0.4, 0.5) is 0 Å². The highest BCUT2D eigenvalue weighted by Gasteiger charge is 1.92. The van der Waals surface area contributed by atoms with Gasteiger partial charge < -0.3 is 4.40 Å². The fraction of sp³-hybridized carbons (Fsp3) is 0.500. The van der Waals surface area contributed by atoms with Gasteiger partial charge in [0.05, 0.1) is 0 Å². The summed E-state index contributed by atoms with van der Waals surface area (Å²) in [7, 11) is 0. The van der Waals surface area contributed by atoms with Crippen molar-refractivity contribution in [2.45, 2.75) is 47.5 Å². The lowest BCUT2D eigenvalue weighted by molar-refractivity contribution is 1.07. The van der Waals surface area contributed by atoms with E-state index in [1.807, 2.05) is 36.7 Å². The van der Waals surface area contributed by atoms with Gasteiger partial charge in [0.2, 0.25) is 0 Å². The second kappa shape index (κ2) is 8.96. The minimum atomic E-state index is 1.02. The number of rotatable bonds is 1. The van der Waals surface area contributed by atoms with Crippen molar-refractivity contribution in [2.24, 2.45) is 0 Å². The van der Waals surface area contributed by atoms with Crippen LogP contribution in [0.2, 0.25) is 0 Å². The summed E-state index contributed by atoms with van der Waals surface area (Å²) >= 11 is 0. The highest BCUT2D eigenvalue weighted by atomic mass is 15.0. The zero-order valence-corrected chi connectivity index (χ0v) is 11.2. The van der Waals surface area contributed by atoms with Crippen LogP contribution in [0.15, 0.2) is 30.7 Å². The smallest absolute Gasteiger partial charge is 0.136 e. The predicted molar refractivity (Wildman–Crippen MR) is 71.9 cm³/mol. The Labute approximate surface area is 99.3 Å². The molecule has 90 valence electrons. The first-order valence-electron chi connectivity index (χ1n) is 6.23. The Bertz CT molecular complexity index is 377. The van der Waals surface area contributed by atoms with Crippen molar-refractivity contribution in [1.29, 1.82) is 0 Å². The lowest BCUT2D eigenvalue weighted by atomic mass is 10.2. The van der Waals surface area contributed by atoms with Gasteiger partial charge in [0.25, 0.3) is 0 Å². The van der Waals surface area contributed by atoms with E-state index in [1.54, 1.807) is 0 Å². The van der Waals surface area contributed by atoms with E-state index in [4.69, 9.17) is 0 Å². The largest absolute Gasteiger partial charge is 0.307 e. The van der Waals surface area contributed by atoms with Gasteiger partial charge >= 0.3 is 0 Å². The summed E-state index contributed by atoms with van der Waals surface area (Å²) < 4.78 is 2.04. The number of pyridine rings is 1. The number of aromatic nitrogens is 2. The van der Waals surface area contributed by atoms with Gasteiger partial charge in [-0.05, 0) is 18.1 Å². The molecule has 0 aromatic carbocycles. The topological polar surface area (TPSA) is 17.3 Å². The lowest BCUT2D eigenvalue weighted by Gasteiger charge is -1.96. The second-order valence-corrected chi connectivity index (χ2v) is 3.29. The summed E-state index contributed by atoms with van der Waals surface area (Å²) in [5, 5.41) is 0. The Balaban J connectivity index is 0.000000394. The summed E-state index contributed by atoms with van der Waals surface area (Å²) in [6.07, 6.45) is 8.22. The highest BCUT2D eigenvalue weighted by molar-refractivity contribution is 5.39. The van der Waals surface area contributed by atoms with Crippen LogP contribution < -0.4 is 0 Å². The molecule has 0 amide bonds. The van der Waals surface area contributed by atoms with Crippen LogP contribution in [0.5, 0.6) is 0 Å². The van der Waals surface area contributed by atoms with Gasteiger partial charge in [-0.15, -0.1) is 0 Å². The van der Waals surface area contributed by atoms with Crippen LogP contribution in [0.3, 0.4) is 0 Å². The van der Waals surface area contributed by atoms with E-state index in [1.165, 1.54) is 12.0 Å². The lowest BCUT2D eigenvalue weighted by Crippen LogP contribution is -1.86. The summed E-state index contributed by atoms with van der Waals surface area (Å²) in [6, 6.07) is 4.15. The zero-order valence-electron chi connectivity index (χ0n) is 11.2. The summed E-state index contributed by atoms with van der Waals surface area (Å²) in [4.78, 5) is 4.16. The van der Waals surface area contributed by atoms with Crippen molar-refractivity contribution < 1.29 is 0 Å². The van der Waals surface area contributed by atoms with Gasteiger partial charge in [-0.25, -0.2) is 4.98 Å². The van der Waals surface area contributed by atoms with E-state index in [0.717, 1.165) is 12.1 Å². The fourth-order valence-electron chi connectivity index (χ4n) is 1.18. The SMILES string of the molecule is CC.CCC.CCc1ccc2nccn2c1. The monoisotopic (exact) mass is 220 g/mol. The quantitative estimate of drug-likeness (QED) is 0.699. The number of aryl methyl sites for hydroxylation is 1. The average molecular weight is 220 g/mol. The molecule has 0 fully saturated rings. The molecule has 0 aliphatic rings. The van der Waals surface area contributed by atoms with Crippen molar-refractivity contribution in [3.05, 3.63) is 36.3 Å². The molecule has 0 atom stereocenters. The Morgan fingerprint density at radius 1 is 1.12 bits per heavy atom. The molecule has 0 saturated heterocycles. The molecule has 0 saturated carbocycles. The molecule has 0 unspecified atom stereocenters. The Morgan fingerprint density at radius 2 is 1.75 bits per heavy atom. The van der Waals surface area contributed by atoms with Crippen molar-refractivity contribution >= 4 is 5.65 Å². The number of hydrogen-bond donors (Lipinski definition) is 0. The Morgan fingerprint density at radius 3 is 2.31 bits per heavy atom. The number of nitrogens with zero attached hydrogens (tertiary/aromatic N) is 2. The molecule has 0 bridgehead atoms. The maximum absolute atomic E-state index is 4.16. The fourth-order valence-corrected chi connectivity index (χ4v) is 1.18. The minimum Gasteiger partial charge on any atom is -0.307 e. The highest BCUT2D eigenvalue weighted by Crippen LogP contribution is 2.04. The number of fused-ring (bicyclic) bond motifs is 1. The second-order valence-electron chi connectivity index (χ2n) is 3.29. The molecule has 16 heavy (non-hydrogen) atoms. The molecular weight excluding hydrogens is 196 g/mol. The van der Waals surface area contributed by atoms with Gasteiger partial charge in [0.15, 0.2) is 0 Å². The van der Waals surface area contributed by atoms with Crippen molar-refractivity contribution in [3.63, 3.8) is 0 Å². The van der Waals surface area contributed by atoms with Crippen LogP contribution >= 0.6 is 0 Å². The van der Waals surface area contributed by atoms with Gasteiger partial charge in [-0.3, -0.25) is 0 Å². The van der Waals surface area contributed by atoms with Crippen molar-refractivity contribution in [3.8, 4) is 0 Å². The molecule has 0 aliphatic heterocycles. The molecule has 2 nitrogen and oxygen atoms in total. The standard InChI is InChI=1S/C9H10N2.C3H8.C2H6/c1-2-8-3-4-9-10-5-6-11(9)7-8;1-3-2;1-2/h3-7H,2H2,1H3;3H2,1-2H3;1-2H3. The molecule has 2 rings (SSSR count). The number of hydrogen-bond acceptors (Lipinski definition) is 1. The molecule has 2 aromatic rings. The molecule has 2 heterocycles. The average Bonchev–Trinajstić information content (AvgIpc) is 2.79. The summed E-state index contributed by atoms with van der Waals surface area (Å²) in [6.45, 7) is 10.4. The molecule has 2 heteroatoms. The third-order valence-electron chi connectivity index (χ3n) is 1.86. The van der Waals surface area contributed by atoms with E-state index in [-0.39, 0.29) is 0 Å². The van der Waals surface area contributed by atoms with Crippen molar-refractivity contribution in [1.82, 2.24) is 9.38 Å². The van der Waals surface area contributed by atoms with Gasteiger partial charge in [0, 0.05) is 18.6 Å². The van der Waals surface area contributed by atoms with Crippen molar-refractivity contribution in [2.75, 3.05) is 0 Å². The van der Waals surface area contributed by atoms with E-state index < -0.39 is 0 Å².